The van der Waals surface area contributed by atoms with Crippen molar-refractivity contribution < 1.29 is 22.7 Å². The number of nitrogens with one attached hydrogen (secondary N) is 2. The summed E-state index contributed by atoms with van der Waals surface area (Å²) >= 11 is 0. The second kappa shape index (κ2) is 10.5. The summed E-state index contributed by atoms with van der Waals surface area (Å²) in [5, 5.41) is 2.81. The molecule has 0 aliphatic heterocycles. The van der Waals surface area contributed by atoms with Gasteiger partial charge >= 0.3 is 0 Å². The molecule has 0 unspecified atom stereocenters. The lowest BCUT2D eigenvalue weighted by molar-refractivity contribution is -0.117. The summed E-state index contributed by atoms with van der Waals surface area (Å²) in [7, 11) is -1.16. The lowest BCUT2D eigenvalue weighted by Crippen LogP contribution is -2.45. The summed E-state index contributed by atoms with van der Waals surface area (Å²) < 4.78 is 39.8. The van der Waals surface area contributed by atoms with Crippen LogP contribution in [-0.4, -0.2) is 34.6 Å². The average Bonchev–Trinajstić information content (AvgIpc) is 2.79. The van der Waals surface area contributed by atoms with E-state index < -0.39 is 22.0 Å². The van der Waals surface area contributed by atoms with Crippen LogP contribution in [0.2, 0.25) is 0 Å². The van der Waals surface area contributed by atoms with Crippen molar-refractivity contribution in [1.29, 1.82) is 0 Å². The van der Waals surface area contributed by atoms with Crippen LogP contribution in [0.3, 0.4) is 0 Å². The molecule has 0 radical (unpaired) electrons. The first-order valence-electron chi connectivity index (χ1n) is 10.4. The number of benzene rings is 3. The summed E-state index contributed by atoms with van der Waals surface area (Å²) in [6, 6.07) is 18.4. The maximum Gasteiger partial charge on any atom is 0.245 e. The lowest BCUT2D eigenvalue weighted by Gasteiger charge is -2.21. The minimum atomic E-state index is -4.07. The van der Waals surface area contributed by atoms with E-state index in [4.69, 9.17) is 9.47 Å². The number of carbonyl (C=O) groups is 1. The van der Waals surface area contributed by atoms with Crippen LogP contribution < -0.4 is 19.5 Å². The molecular formula is C25H28N2O5S. The van der Waals surface area contributed by atoms with E-state index in [1.807, 2.05) is 43.3 Å². The van der Waals surface area contributed by atoms with Crippen LogP contribution in [0.1, 0.15) is 16.7 Å². The van der Waals surface area contributed by atoms with Gasteiger partial charge in [-0.25, -0.2) is 8.42 Å². The second-order valence-electron chi connectivity index (χ2n) is 7.71. The first kappa shape index (κ1) is 24.3. The van der Waals surface area contributed by atoms with Crippen LogP contribution >= 0.6 is 0 Å². The molecule has 3 aromatic carbocycles. The Morgan fingerprint density at radius 2 is 1.48 bits per heavy atom. The van der Waals surface area contributed by atoms with Gasteiger partial charge in [-0.15, -0.1) is 0 Å². The van der Waals surface area contributed by atoms with Gasteiger partial charge in [0.25, 0.3) is 0 Å². The van der Waals surface area contributed by atoms with Crippen LogP contribution in [-0.2, 0) is 21.2 Å². The smallest absolute Gasteiger partial charge is 0.245 e. The number of amides is 1. The fourth-order valence-electron chi connectivity index (χ4n) is 3.42. The number of hydrogen-bond donors (Lipinski definition) is 2. The highest BCUT2D eigenvalue weighted by molar-refractivity contribution is 7.89. The molecule has 0 aliphatic rings. The molecule has 0 bridgehead atoms. The van der Waals surface area contributed by atoms with E-state index in [1.165, 1.54) is 20.3 Å². The highest BCUT2D eigenvalue weighted by Gasteiger charge is 2.29. The van der Waals surface area contributed by atoms with E-state index in [0.29, 0.717) is 11.4 Å². The molecule has 174 valence electrons. The zero-order valence-corrected chi connectivity index (χ0v) is 19.9. The van der Waals surface area contributed by atoms with Crippen LogP contribution in [0.5, 0.6) is 11.5 Å². The van der Waals surface area contributed by atoms with Crippen molar-refractivity contribution in [2.24, 2.45) is 0 Å². The maximum absolute atomic E-state index is 13.3. The molecule has 0 fully saturated rings. The molecule has 8 heteroatoms. The van der Waals surface area contributed by atoms with Gasteiger partial charge in [-0.3, -0.25) is 4.79 Å². The fourth-order valence-corrected chi connectivity index (χ4v) is 4.87. The fraction of sp³-hybridized carbons (Fsp3) is 0.240. The van der Waals surface area contributed by atoms with Gasteiger partial charge in [-0.2, -0.15) is 4.72 Å². The molecule has 0 saturated heterocycles. The molecule has 0 heterocycles. The number of hydrogen-bond acceptors (Lipinski definition) is 5. The largest absolute Gasteiger partial charge is 0.495 e. The zero-order chi connectivity index (χ0) is 24.0. The van der Waals surface area contributed by atoms with Gasteiger partial charge in [0.15, 0.2) is 0 Å². The van der Waals surface area contributed by atoms with E-state index in [-0.39, 0.29) is 17.1 Å². The van der Waals surface area contributed by atoms with Crippen molar-refractivity contribution in [3.63, 3.8) is 0 Å². The van der Waals surface area contributed by atoms with E-state index in [2.05, 4.69) is 10.0 Å². The summed E-state index contributed by atoms with van der Waals surface area (Å²) in [5.74, 6) is 0.181. The van der Waals surface area contributed by atoms with Crippen LogP contribution in [0.4, 0.5) is 5.69 Å². The van der Waals surface area contributed by atoms with Gasteiger partial charge in [0.1, 0.15) is 22.4 Å². The molecule has 0 aromatic heterocycles. The van der Waals surface area contributed by atoms with Crippen LogP contribution in [0.25, 0.3) is 0 Å². The zero-order valence-electron chi connectivity index (χ0n) is 19.1. The third-order valence-electron chi connectivity index (χ3n) is 5.12. The summed E-state index contributed by atoms with van der Waals surface area (Å²) in [5.41, 5.74) is 2.96. The number of methoxy groups -OCH3 is 2. The van der Waals surface area contributed by atoms with Gasteiger partial charge in [-0.1, -0.05) is 42.5 Å². The lowest BCUT2D eigenvalue weighted by atomic mass is 10.1. The molecule has 33 heavy (non-hydrogen) atoms. The minimum Gasteiger partial charge on any atom is -0.495 e. The van der Waals surface area contributed by atoms with Crippen LogP contribution in [0.15, 0.2) is 71.6 Å². The molecule has 0 spiro atoms. The van der Waals surface area contributed by atoms with Crippen LogP contribution in [0, 0.1) is 13.8 Å². The maximum atomic E-state index is 13.3. The van der Waals surface area contributed by atoms with Crippen molar-refractivity contribution in [2.45, 2.75) is 31.2 Å². The van der Waals surface area contributed by atoms with Crippen molar-refractivity contribution in [3.8, 4) is 11.5 Å². The first-order chi connectivity index (χ1) is 15.7. The molecule has 1 atom stereocenters. The highest BCUT2D eigenvalue weighted by Crippen LogP contribution is 2.27. The van der Waals surface area contributed by atoms with Gasteiger partial charge in [0.05, 0.1) is 19.9 Å². The molecule has 3 aromatic rings. The third kappa shape index (κ3) is 6.12. The number of rotatable bonds is 9. The predicted molar refractivity (Wildman–Crippen MR) is 128 cm³/mol. The Balaban J connectivity index is 1.96. The molecule has 7 nitrogen and oxygen atoms in total. The Kier molecular flexibility index (Phi) is 7.73. The van der Waals surface area contributed by atoms with Crippen molar-refractivity contribution in [1.82, 2.24) is 4.72 Å². The summed E-state index contributed by atoms with van der Waals surface area (Å²) in [6.07, 6.45) is 0.161. The molecule has 1 amide bonds. The van der Waals surface area contributed by atoms with E-state index >= 15 is 0 Å². The minimum absolute atomic E-state index is 0.0241. The van der Waals surface area contributed by atoms with Crippen molar-refractivity contribution in [3.05, 3.63) is 83.4 Å². The number of aryl methyl sites for hydroxylation is 2. The molecule has 3 rings (SSSR count). The molecular weight excluding hydrogens is 440 g/mol. The Bertz CT molecular complexity index is 1230. The predicted octanol–water partition coefficient (Wildman–Crippen LogP) is 3.85. The quantitative estimate of drug-likeness (QED) is 0.498. The van der Waals surface area contributed by atoms with Gasteiger partial charge < -0.3 is 14.8 Å². The number of carbonyl (C=O) groups excluding carboxylic acids is 1. The number of ether oxygens (including phenoxy) is 2. The SMILES string of the molecule is COc1ccc(C)cc1NC(=O)[C@H](Cc1ccccc1)NS(=O)(=O)c1cc(C)ccc1OC. The second-order valence-corrected chi connectivity index (χ2v) is 9.39. The Morgan fingerprint density at radius 3 is 2.12 bits per heavy atom. The van der Waals surface area contributed by atoms with E-state index in [0.717, 1.165) is 16.7 Å². The van der Waals surface area contributed by atoms with E-state index in [9.17, 15) is 13.2 Å². The normalized spacial score (nSPS) is 12.1. The van der Waals surface area contributed by atoms with Crippen molar-refractivity contribution >= 4 is 21.6 Å². The molecule has 2 N–H and O–H groups in total. The Labute approximate surface area is 194 Å². The van der Waals surface area contributed by atoms with Gasteiger partial charge in [0.2, 0.25) is 15.9 Å². The molecule has 0 saturated carbocycles. The summed E-state index contributed by atoms with van der Waals surface area (Å²) in [4.78, 5) is 13.3. The summed E-state index contributed by atoms with van der Waals surface area (Å²) in [6.45, 7) is 3.68. The Hall–Kier alpha value is -3.36. The number of sulfonamides is 1. The highest BCUT2D eigenvalue weighted by atomic mass is 32.2. The third-order valence-corrected chi connectivity index (χ3v) is 6.61. The average molecular weight is 469 g/mol. The molecule has 0 aliphatic carbocycles. The topological polar surface area (TPSA) is 93.7 Å². The van der Waals surface area contributed by atoms with Gasteiger partial charge in [0, 0.05) is 0 Å². The number of anilines is 1. The van der Waals surface area contributed by atoms with E-state index in [1.54, 1.807) is 31.2 Å². The standard InChI is InChI=1S/C25H28N2O5S/c1-17-10-12-22(31-3)20(14-17)26-25(28)21(16-19-8-6-5-7-9-19)27-33(29,30)24-15-18(2)11-13-23(24)32-4/h5-15,21,27H,16H2,1-4H3,(H,26,28)/t21-/m0/s1. The monoisotopic (exact) mass is 468 g/mol. The van der Waals surface area contributed by atoms with Gasteiger partial charge in [-0.05, 0) is 61.2 Å². The van der Waals surface area contributed by atoms with Crippen molar-refractivity contribution in [2.75, 3.05) is 19.5 Å². The first-order valence-corrected chi connectivity index (χ1v) is 11.9. The Morgan fingerprint density at radius 1 is 0.879 bits per heavy atom.